The summed E-state index contributed by atoms with van der Waals surface area (Å²) in [7, 11) is 0. The van der Waals surface area contributed by atoms with Crippen molar-refractivity contribution in [2.75, 3.05) is 6.54 Å². The predicted molar refractivity (Wildman–Crippen MR) is 70.7 cm³/mol. The van der Waals surface area contributed by atoms with Crippen LogP contribution in [-0.4, -0.2) is 12.7 Å². The minimum atomic E-state index is -4.15. The Morgan fingerprint density at radius 3 is 2.50 bits per heavy atom. The normalized spacial score (nSPS) is 13.9. The highest BCUT2D eigenvalue weighted by molar-refractivity contribution is 7.20. The average molecular weight is 320 g/mol. The summed E-state index contributed by atoms with van der Waals surface area (Å²) in [5, 5.41) is 3.08. The SMILES string of the molecule is CCCNC(CCC(F)(F)F)c1cc(Cl)sc1Cl. The molecule has 0 aromatic carbocycles. The third-order valence-corrected chi connectivity index (χ3v) is 3.93. The fourth-order valence-corrected chi connectivity index (χ4v) is 3.16. The zero-order valence-corrected chi connectivity index (χ0v) is 12.1. The van der Waals surface area contributed by atoms with Crippen molar-refractivity contribution in [1.29, 1.82) is 0 Å². The number of halogens is 5. The summed E-state index contributed by atoms with van der Waals surface area (Å²) in [6.07, 6.45) is -4.18. The van der Waals surface area contributed by atoms with E-state index >= 15 is 0 Å². The van der Waals surface area contributed by atoms with Crippen LogP contribution in [0.4, 0.5) is 13.2 Å². The van der Waals surface area contributed by atoms with Gasteiger partial charge in [0, 0.05) is 18.0 Å². The molecule has 1 heterocycles. The van der Waals surface area contributed by atoms with Crippen LogP contribution in [0.1, 0.15) is 37.8 Å². The third-order valence-electron chi connectivity index (χ3n) is 2.42. The average Bonchev–Trinajstić information content (AvgIpc) is 2.57. The van der Waals surface area contributed by atoms with Crippen molar-refractivity contribution < 1.29 is 13.2 Å². The van der Waals surface area contributed by atoms with E-state index in [4.69, 9.17) is 23.2 Å². The lowest BCUT2D eigenvalue weighted by Crippen LogP contribution is -2.24. The van der Waals surface area contributed by atoms with Crippen molar-refractivity contribution in [3.05, 3.63) is 20.3 Å². The number of nitrogens with one attached hydrogen (secondary N) is 1. The van der Waals surface area contributed by atoms with Crippen molar-refractivity contribution in [2.24, 2.45) is 0 Å². The molecule has 1 rings (SSSR count). The molecule has 0 fully saturated rings. The highest BCUT2D eigenvalue weighted by atomic mass is 35.5. The Hall–Kier alpha value is 0.0300. The Kier molecular flexibility index (Phi) is 6.24. The van der Waals surface area contributed by atoms with Gasteiger partial charge in [-0.05, 0) is 25.5 Å². The van der Waals surface area contributed by atoms with Crippen LogP contribution in [0, 0.1) is 0 Å². The van der Waals surface area contributed by atoms with Gasteiger partial charge in [-0.2, -0.15) is 13.2 Å². The molecule has 7 heteroatoms. The number of alkyl halides is 3. The van der Waals surface area contributed by atoms with E-state index in [9.17, 15) is 13.2 Å². The molecular weight excluding hydrogens is 306 g/mol. The second kappa shape index (κ2) is 6.98. The molecule has 1 unspecified atom stereocenters. The van der Waals surface area contributed by atoms with Gasteiger partial charge in [0.05, 0.1) is 8.67 Å². The van der Waals surface area contributed by atoms with E-state index in [2.05, 4.69) is 5.32 Å². The molecule has 0 aliphatic carbocycles. The Labute approximate surface area is 118 Å². The summed E-state index contributed by atoms with van der Waals surface area (Å²) in [5.74, 6) is 0. The van der Waals surface area contributed by atoms with Gasteiger partial charge in [0.25, 0.3) is 0 Å². The van der Waals surface area contributed by atoms with Crippen LogP contribution >= 0.6 is 34.5 Å². The molecule has 1 atom stereocenters. The van der Waals surface area contributed by atoms with E-state index in [1.165, 1.54) is 11.3 Å². The van der Waals surface area contributed by atoms with Gasteiger partial charge in [-0.15, -0.1) is 11.3 Å². The van der Waals surface area contributed by atoms with Gasteiger partial charge >= 0.3 is 6.18 Å². The molecule has 18 heavy (non-hydrogen) atoms. The van der Waals surface area contributed by atoms with Gasteiger partial charge < -0.3 is 5.32 Å². The highest BCUT2D eigenvalue weighted by Crippen LogP contribution is 2.37. The lowest BCUT2D eigenvalue weighted by Gasteiger charge is -2.19. The van der Waals surface area contributed by atoms with Gasteiger partial charge in [0.2, 0.25) is 0 Å². The summed E-state index contributed by atoms with van der Waals surface area (Å²) in [4.78, 5) is 0. The fourth-order valence-electron chi connectivity index (χ4n) is 1.58. The second-order valence-electron chi connectivity index (χ2n) is 3.94. The van der Waals surface area contributed by atoms with Crippen molar-refractivity contribution >= 4 is 34.5 Å². The minimum Gasteiger partial charge on any atom is -0.310 e. The number of hydrogen-bond donors (Lipinski definition) is 1. The first-order chi connectivity index (χ1) is 8.33. The first-order valence-corrected chi connectivity index (χ1v) is 7.15. The maximum Gasteiger partial charge on any atom is 0.389 e. The van der Waals surface area contributed by atoms with E-state index in [-0.39, 0.29) is 6.42 Å². The van der Waals surface area contributed by atoms with Gasteiger partial charge in [-0.25, -0.2) is 0 Å². The van der Waals surface area contributed by atoms with Crippen LogP contribution in [0.5, 0.6) is 0 Å². The highest BCUT2D eigenvalue weighted by Gasteiger charge is 2.29. The molecule has 0 aliphatic rings. The van der Waals surface area contributed by atoms with Crippen molar-refractivity contribution in [3.8, 4) is 0 Å². The first kappa shape index (κ1) is 16.1. The molecule has 1 nitrogen and oxygen atoms in total. The van der Waals surface area contributed by atoms with Gasteiger partial charge in [0.1, 0.15) is 0 Å². The maximum absolute atomic E-state index is 12.3. The van der Waals surface area contributed by atoms with Crippen LogP contribution in [0.2, 0.25) is 8.67 Å². The van der Waals surface area contributed by atoms with Crippen LogP contribution in [0.25, 0.3) is 0 Å². The molecular formula is C11H14Cl2F3NS. The fraction of sp³-hybridized carbons (Fsp3) is 0.636. The van der Waals surface area contributed by atoms with Crippen molar-refractivity contribution in [3.63, 3.8) is 0 Å². The molecule has 104 valence electrons. The van der Waals surface area contributed by atoms with Crippen molar-refractivity contribution in [2.45, 2.75) is 38.4 Å². The summed E-state index contributed by atoms with van der Waals surface area (Å²) < 4.78 is 37.8. The third kappa shape index (κ3) is 5.34. The van der Waals surface area contributed by atoms with Crippen molar-refractivity contribution in [1.82, 2.24) is 5.32 Å². The van der Waals surface area contributed by atoms with Crippen LogP contribution in [0.15, 0.2) is 6.07 Å². The lowest BCUT2D eigenvalue weighted by molar-refractivity contribution is -0.136. The predicted octanol–water partition coefficient (Wildman–Crippen LogP) is 5.44. The lowest BCUT2D eigenvalue weighted by atomic mass is 10.0. The minimum absolute atomic E-state index is 0.0315. The number of rotatable bonds is 6. The Morgan fingerprint density at radius 2 is 2.06 bits per heavy atom. The van der Waals surface area contributed by atoms with Gasteiger partial charge in [-0.1, -0.05) is 30.1 Å². The quantitative estimate of drug-likeness (QED) is 0.736. The zero-order valence-electron chi connectivity index (χ0n) is 9.78. The molecule has 0 radical (unpaired) electrons. The molecule has 1 aromatic heterocycles. The van der Waals surface area contributed by atoms with Gasteiger partial charge in [-0.3, -0.25) is 0 Å². The molecule has 0 saturated heterocycles. The monoisotopic (exact) mass is 319 g/mol. The molecule has 0 saturated carbocycles. The number of hydrogen-bond acceptors (Lipinski definition) is 2. The van der Waals surface area contributed by atoms with Crippen LogP contribution in [0.3, 0.4) is 0 Å². The van der Waals surface area contributed by atoms with E-state index in [1.54, 1.807) is 6.07 Å². The summed E-state index contributed by atoms with van der Waals surface area (Å²) in [6.45, 7) is 2.60. The molecule has 0 bridgehead atoms. The smallest absolute Gasteiger partial charge is 0.310 e. The number of thiophene rings is 1. The summed E-state index contributed by atoms with van der Waals surface area (Å²) in [5.41, 5.74) is 0.657. The molecule has 1 aromatic rings. The summed E-state index contributed by atoms with van der Waals surface area (Å²) in [6, 6.07) is 1.24. The Morgan fingerprint density at radius 1 is 1.39 bits per heavy atom. The molecule has 0 aliphatic heterocycles. The topological polar surface area (TPSA) is 12.0 Å². The van der Waals surface area contributed by atoms with Crippen LogP contribution < -0.4 is 5.32 Å². The van der Waals surface area contributed by atoms with E-state index in [1.807, 2.05) is 6.92 Å². The standard InChI is InChI=1S/C11H14Cl2F3NS/c1-2-5-17-8(3-4-11(14,15)16)7-6-9(12)18-10(7)13/h6,8,17H,2-5H2,1H3. The largest absolute Gasteiger partial charge is 0.389 e. The van der Waals surface area contributed by atoms with Gasteiger partial charge in [0.15, 0.2) is 0 Å². The van der Waals surface area contributed by atoms with E-state index < -0.39 is 18.6 Å². The first-order valence-electron chi connectivity index (χ1n) is 5.58. The van der Waals surface area contributed by atoms with E-state index in [0.29, 0.717) is 20.8 Å². The van der Waals surface area contributed by atoms with Crippen LogP contribution in [-0.2, 0) is 0 Å². The Balaban J connectivity index is 2.74. The maximum atomic E-state index is 12.3. The molecule has 1 N–H and O–H groups in total. The second-order valence-corrected chi connectivity index (χ2v) is 6.23. The summed E-state index contributed by atoms with van der Waals surface area (Å²) >= 11 is 13.0. The van der Waals surface area contributed by atoms with E-state index in [0.717, 1.165) is 6.42 Å². The Bertz CT molecular complexity index is 379. The zero-order chi connectivity index (χ0) is 13.8. The molecule has 0 amide bonds. The molecule has 0 spiro atoms.